The van der Waals surface area contributed by atoms with Crippen LogP contribution in [-0.4, -0.2) is 27.2 Å². The number of halogens is 4. The van der Waals surface area contributed by atoms with Gasteiger partial charge in [0.2, 0.25) is 0 Å². The highest BCUT2D eigenvalue weighted by molar-refractivity contribution is 6.32. The van der Waals surface area contributed by atoms with Gasteiger partial charge in [-0.15, -0.1) is 0 Å². The number of carboxylic acids is 1. The topological polar surface area (TPSA) is 63.1 Å². The van der Waals surface area contributed by atoms with E-state index in [1.54, 1.807) is 0 Å². The van der Waals surface area contributed by atoms with E-state index in [0.717, 1.165) is 6.20 Å². The first-order valence-corrected chi connectivity index (χ1v) is 4.49. The summed E-state index contributed by atoms with van der Waals surface area (Å²) in [5, 5.41) is 8.21. The largest absolute Gasteiger partial charge is 0.478 e. The van der Waals surface area contributed by atoms with Crippen LogP contribution in [0, 0.1) is 0 Å². The highest BCUT2D eigenvalue weighted by Gasteiger charge is 2.27. The van der Waals surface area contributed by atoms with Crippen molar-refractivity contribution in [2.75, 3.05) is 0 Å². The van der Waals surface area contributed by atoms with Gasteiger partial charge in [-0.1, -0.05) is 11.6 Å². The Morgan fingerprint density at radius 3 is 2.56 bits per heavy atom. The van der Waals surface area contributed by atoms with Crippen LogP contribution in [0.2, 0.25) is 5.15 Å². The second-order valence-corrected chi connectivity index (χ2v) is 3.27. The Bertz CT molecular complexity index is 409. The van der Waals surface area contributed by atoms with Crippen molar-refractivity contribution in [3.05, 3.63) is 22.7 Å². The zero-order valence-corrected chi connectivity index (χ0v) is 8.51. The van der Waals surface area contributed by atoms with Gasteiger partial charge in [-0.25, -0.2) is 14.8 Å². The first-order valence-electron chi connectivity index (χ1n) is 4.11. The van der Waals surface area contributed by atoms with E-state index in [1.165, 1.54) is 0 Å². The van der Waals surface area contributed by atoms with Crippen molar-refractivity contribution in [3.8, 4) is 0 Å². The van der Waals surface area contributed by atoms with Gasteiger partial charge in [0, 0.05) is 12.6 Å². The summed E-state index contributed by atoms with van der Waals surface area (Å²) in [7, 11) is 0. The number of aromatic carboxylic acids is 1. The number of rotatable bonds is 3. The summed E-state index contributed by atoms with van der Waals surface area (Å²) >= 11 is 5.46. The van der Waals surface area contributed by atoms with Crippen LogP contribution in [0.3, 0.4) is 0 Å². The molecule has 0 saturated heterocycles. The molecule has 1 aromatic rings. The molecule has 88 valence electrons. The Morgan fingerprint density at radius 1 is 1.50 bits per heavy atom. The van der Waals surface area contributed by atoms with Gasteiger partial charge in [-0.3, -0.25) is 0 Å². The minimum Gasteiger partial charge on any atom is -0.478 e. The van der Waals surface area contributed by atoms with Gasteiger partial charge in [-0.05, 0) is 0 Å². The van der Waals surface area contributed by atoms with Crippen molar-refractivity contribution in [1.82, 2.24) is 9.97 Å². The fraction of sp³-hybridized carbons (Fsp3) is 0.375. The molecule has 1 rings (SSSR count). The maximum absolute atomic E-state index is 11.9. The van der Waals surface area contributed by atoms with Crippen molar-refractivity contribution in [1.29, 1.82) is 0 Å². The lowest BCUT2D eigenvalue weighted by Crippen LogP contribution is -2.11. The molecule has 0 fully saturated rings. The van der Waals surface area contributed by atoms with E-state index in [4.69, 9.17) is 16.7 Å². The van der Waals surface area contributed by atoms with E-state index in [2.05, 4.69) is 9.97 Å². The quantitative estimate of drug-likeness (QED) is 0.841. The molecule has 0 unspecified atom stereocenters. The van der Waals surface area contributed by atoms with Crippen molar-refractivity contribution < 1.29 is 23.1 Å². The molecule has 0 aliphatic carbocycles. The average molecular weight is 255 g/mol. The molecule has 1 N–H and O–H groups in total. The van der Waals surface area contributed by atoms with Gasteiger partial charge in [0.05, 0.1) is 6.42 Å². The number of alkyl halides is 3. The van der Waals surface area contributed by atoms with Crippen LogP contribution in [0.5, 0.6) is 0 Å². The number of carbonyl (C=O) groups is 1. The molecular formula is C8H6ClF3N2O2. The summed E-state index contributed by atoms with van der Waals surface area (Å²) in [5.41, 5.74) is -0.336. The van der Waals surface area contributed by atoms with Crippen LogP contribution in [0.1, 0.15) is 22.6 Å². The highest BCUT2D eigenvalue weighted by atomic mass is 35.5. The van der Waals surface area contributed by atoms with E-state index >= 15 is 0 Å². The lowest BCUT2D eigenvalue weighted by molar-refractivity contribution is -0.134. The monoisotopic (exact) mass is 254 g/mol. The number of hydrogen-bond acceptors (Lipinski definition) is 3. The van der Waals surface area contributed by atoms with E-state index in [9.17, 15) is 18.0 Å². The minimum absolute atomic E-state index is 0.132. The Labute approximate surface area is 93.1 Å². The van der Waals surface area contributed by atoms with Crippen molar-refractivity contribution >= 4 is 17.6 Å². The molecule has 16 heavy (non-hydrogen) atoms. The summed E-state index contributed by atoms with van der Waals surface area (Å²) in [4.78, 5) is 17.5. The molecule has 0 spiro atoms. The first kappa shape index (κ1) is 12.7. The van der Waals surface area contributed by atoms with Gasteiger partial charge >= 0.3 is 12.1 Å². The highest BCUT2D eigenvalue weighted by Crippen LogP contribution is 2.21. The molecule has 0 saturated carbocycles. The third-order valence-corrected chi connectivity index (χ3v) is 1.94. The molecule has 4 nitrogen and oxygen atoms in total. The van der Waals surface area contributed by atoms with Crippen LogP contribution >= 0.6 is 11.6 Å². The third kappa shape index (κ3) is 3.65. The Morgan fingerprint density at radius 2 is 2.12 bits per heavy atom. The first-order chi connectivity index (χ1) is 7.29. The van der Waals surface area contributed by atoms with Gasteiger partial charge in [-0.2, -0.15) is 13.2 Å². The fourth-order valence-corrected chi connectivity index (χ4v) is 1.14. The number of hydrogen-bond donors (Lipinski definition) is 1. The molecule has 8 heteroatoms. The summed E-state index contributed by atoms with van der Waals surface area (Å²) in [6.07, 6.45) is -4.91. The molecular weight excluding hydrogens is 249 g/mol. The van der Waals surface area contributed by atoms with Crippen LogP contribution in [0.15, 0.2) is 6.20 Å². The van der Waals surface area contributed by atoms with E-state index in [-0.39, 0.29) is 16.5 Å². The summed E-state index contributed by atoms with van der Waals surface area (Å²) in [6, 6.07) is 0. The molecule has 0 radical (unpaired) electrons. The SMILES string of the molecule is O=C(O)c1cnc(CCC(F)(F)F)nc1Cl. The molecule has 0 aliphatic rings. The summed E-state index contributed by atoms with van der Waals surface area (Å²) in [5.74, 6) is -1.46. The van der Waals surface area contributed by atoms with Gasteiger partial charge in [0.25, 0.3) is 0 Å². The third-order valence-electron chi connectivity index (χ3n) is 1.65. The van der Waals surface area contributed by atoms with Gasteiger partial charge < -0.3 is 5.11 Å². The van der Waals surface area contributed by atoms with Crippen LogP contribution in [0.25, 0.3) is 0 Å². The number of aromatic nitrogens is 2. The second-order valence-electron chi connectivity index (χ2n) is 2.91. The summed E-state index contributed by atoms with van der Waals surface area (Å²) < 4.78 is 35.6. The van der Waals surface area contributed by atoms with Crippen molar-refractivity contribution in [2.24, 2.45) is 0 Å². The molecule has 0 bridgehead atoms. The summed E-state index contributed by atoms with van der Waals surface area (Å²) in [6.45, 7) is 0. The fourth-order valence-electron chi connectivity index (χ4n) is 0.912. The zero-order valence-electron chi connectivity index (χ0n) is 7.75. The number of aryl methyl sites for hydroxylation is 1. The smallest absolute Gasteiger partial charge is 0.389 e. The zero-order chi connectivity index (χ0) is 12.3. The molecule has 1 aromatic heterocycles. The maximum Gasteiger partial charge on any atom is 0.389 e. The van der Waals surface area contributed by atoms with Crippen LogP contribution in [-0.2, 0) is 6.42 Å². The van der Waals surface area contributed by atoms with Gasteiger partial charge in [0.1, 0.15) is 16.5 Å². The molecule has 0 aliphatic heterocycles. The van der Waals surface area contributed by atoms with E-state index < -0.39 is 25.0 Å². The molecule has 0 atom stereocenters. The molecule has 0 amide bonds. The van der Waals surface area contributed by atoms with Gasteiger partial charge in [0.15, 0.2) is 0 Å². The minimum atomic E-state index is -4.30. The Balaban J connectivity index is 2.78. The van der Waals surface area contributed by atoms with E-state index in [0.29, 0.717) is 0 Å². The van der Waals surface area contributed by atoms with Crippen molar-refractivity contribution in [3.63, 3.8) is 0 Å². The second kappa shape index (κ2) is 4.65. The predicted molar refractivity (Wildman–Crippen MR) is 48.4 cm³/mol. The molecule has 0 aromatic carbocycles. The van der Waals surface area contributed by atoms with Crippen LogP contribution in [0.4, 0.5) is 13.2 Å². The van der Waals surface area contributed by atoms with E-state index in [1.807, 2.05) is 0 Å². The maximum atomic E-state index is 11.9. The standard InChI is InChI=1S/C8H6ClF3N2O2/c9-6-4(7(15)16)3-13-5(14-6)1-2-8(10,11)12/h3H,1-2H2,(H,15,16). The Hall–Kier alpha value is -1.37. The lowest BCUT2D eigenvalue weighted by Gasteiger charge is -2.05. The van der Waals surface area contributed by atoms with Crippen LogP contribution < -0.4 is 0 Å². The predicted octanol–water partition coefficient (Wildman–Crippen LogP) is 2.32. The average Bonchev–Trinajstić information content (AvgIpc) is 2.13. The number of nitrogens with zero attached hydrogens (tertiary/aromatic N) is 2. The molecule has 1 heterocycles. The number of carboxylic acid groups (broad SMARTS) is 1. The normalized spacial score (nSPS) is 11.5. The van der Waals surface area contributed by atoms with Crippen molar-refractivity contribution in [2.45, 2.75) is 19.0 Å². The Kier molecular flexibility index (Phi) is 3.69. The lowest BCUT2D eigenvalue weighted by atomic mass is 10.3.